The summed E-state index contributed by atoms with van der Waals surface area (Å²) in [5.74, 6) is 0.0897. The van der Waals surface area contributed by atoms with Crippen molar-refractivity contribution in [2.75, 3.05) is 18.1 Å². The Bertz CT molecular complexity index is 1400. The fourth-order valence-electron chi connectivity index (χ4n) is 3.58. The summed E-state index contributed by atoms with van der Waals surface area (Å²) in [4.78, 5) is 12.7. The van der Waals surface area contributed by atoms with Gasteiger partial charge in [-0.15, -0.1) is 0 Å². The highest BCUT2D eigenvalue weighted by atomic mass is 32.2. The highest BCUT2D eigenvalue weighted by molar-refractivity contribution is 7.92. The summed E-state index contributed by atoms with van der Waals surface area (Å²) < 4.78 is 46.0. The molecule has 2 aromatic carbocycles. The number of halogens is 1. The van der Waals surface area contributed by atoms with Crippen LogP contribution in [-0.4, -0.2) is 26.4 Å². The van der Waals surface area contributed by atoms with E-state index in [9.17, 15) is 17.6 Å². The van der Waals surface area contributed by atoms with Crippen LogP contribution in [0.2, 0.25) is 0 Å². The van der Waals surface area contributed by atoms with Crippen molar-refractivity contribution in [2.24, 2.45) is 0 Å². The quantitative estimate of drug-likeness (QED) is 0.493. The van der Waals surface area contributed by atoms with Gasteiger partial charge in [0, 0.05) is 30.1 Å². The summed E-state index contributed by atoms with van der Waals surface area (Å²) in [5, 5.41) is 0. The summed E-state index contributed by atoms with van der Waals surface area (Å²) >= 11 is 0. The first-order chi connectivity index (χ1) is 15.8. The van der Waals surface area contributed by atoms with E-state index in [1.165, 1.54) is 6.07 Å². The number of pyridine rings is 1. The van der Waals surface area contributed by atoms with Gasteiger partial charge in [0.15, 0.2) is 0 Å². The second kappa shape index (κ2) is 9.46. The lowest BCUT2D eigenvalue weighted by atomic mass is 9.83. The van der Waals surface area contributed by atoms with Crippen molar-refractivity contribution in [2.45, 2.75) is 26.2 Å². The fraction of sp³-hybridized carbons (Fsp3) is 0.231. The molecule has 0 fully saturated rings. The molecule has 0 atom stereocenters. The van der Waals surface area contributed by atoms with E-state index in [2.05, 4.69) is 11.8 Å². The molecule has 0 aliphatic rings. The van der Waals surface area contributed by atoms with E-state index in [1.807, 2.05) is 39.0 Å². The monoisotopic (exact) mass is 483 g/mol. The molecule has 6 nitrogen and oxygen atoms in total. The zero-order valence-electron chi connectivity index (χ0n) is 19.8. The van der Waals surface area contributed by atoms with Crippen LogP contribution >= 0.6 is 0 Å². The maximum atomic E-state index is 14.1. The number of sulfonamides is 1. The molecular formula is C26H28FN2O4S. The number of hydrogen-bond acceptors (Lipinski definition) is 4. The minimum absolute atomic E-state index is 0.203. The van der Waals surface area contributed by atoms with Crippen molar-refractivity contribution in [1.82, 2.24) is 4.57 Å². The normalized spacial score (nSPS) is 12.2. The van der Waals surface area contributed by atoms with Crippen molar-refractivity contribution in [3.63, 3.8) is 0 Å². The van der Waals surface area contributed by atoms with Crippen LogP contribution in [0.1, 0.15) is 37.5 Å². The van der Waals surface area contributed by atoms with E-state index in [0.29, 0.717) is 22.6 Å². The van der Waals surface area contributed by atoms with Gasteiger partial charge >= 0.3 is 0 Å². The van der Waals surface area contributed by atoms with Crippen molar-refractivity contribution in [1.29, 1.82) is 0 Å². The standard InChI is InChI=1S/C26H28FN2O4S/c1-26(2,3)23-14-19(22-15-20(27)16-29(4)25(22)30)13-18(24(23)33-5)10-7-17-8-11-21(12-9-17)28-34(6,31)32/h7-16,28H,4H2,1-3,5-6H3/b10-7+. The molecule has 0 amide bonds. The molecule has 1 aromatic heterocycles. The smallest absolute Gasteiger partial charge is 0.258 e. The molecule has 1 N–H and O–H groups in total. The summed E-state index contributed by atoms with van der Waals surface area (Å²) in [5.41, 5.74) is 2.89. The molecule has 0 aliphatic carbocycles. The minimum Gasteiger partial charge on any atom is -0.496 e. The third kappa shape index (κ3) is 5.94. The lowest BCUT2D eigenvalue weighted by Gasteiger charge is -2.24. The number of benzene rings is 2. The molecule has 0 aliphatic heterocycles. The van der Waals surface area contributed by atoms with Crippen LogP contribution in [0.15, 0.2) is 53.5 Å². The second-order valence-corrected chi connectivity index (χ2v) is 10.8. The number of hydrogen-bond donors (Lipinski definition) is 1. The van der Waals surface area contributed by atoms with E-state index in [0.717, 1.165) is 28.1 Å². The summed E-state index contributed by atoms with van der Waals surface area (Å²) in [6.07, 6.45) is 5.83. The van der Waals surface area contributed by atoms with Crippen LogP contribution in [0.5, 0.6) is 5.75 Å². The van der Waals surface area contributed by atoms with Gasteiger partial charge in [0.25, 0.3) is 5.56 Å². The van der Waals surface area contributed by atoms with Crippen molar-refractivity contribution < 1.29 is 17.5 Å². The van der Waals surface area contributed by atoms with E-state index < -0.39 is 21.4 Å². The van der Waals surface area contributed by atoms with Gasteiger partial charge in [0.2, 0.25) is 10.0 Å². The minimum atomic E-state index is -3.36. The van der Waals surface area contributed by atoms with Crippen molar-refractivity contribution in [3.8, 4) is 16.9 Å². The van der Waals surface area contributed by atoms with Gasteiger partial charge in [0.05, 0.1) is 18.9 Å². The number of methoxy groups -OCH3 is 1. The maximum absolute atomic E-state index is 14.1. The van der Waals surface area contributed by atoms with Crippen LogP contribution in [-0.2, 0) is 15.4 Å². The van der Waals surface area contributed by atoms with Crippen LogP contribution < -0.4 is 15.0 Å². The Kier molecular flexibility index (Phi) is 7.02. The molecular weight excluding hydrogens is 455 g/mol. The first kappa shape index (κ1) is 25.2. The molecule has 3 aromatic rings. The van der Waals surface area contributed by atoms with E-state index >= 15 is 0 Å². The molecule has 34 heavy (non-hydrogen) atoms. The van der Waals surface area contributed by atoms with Gasteiger partial charge in [-0.25, -0.2) is 12.8 Å². The Morgan fingerprint density at radius 2 is 1.74 bits per heavy atom. The van der Waals surface area contributed by atoms with Gasteiger partial charge in [-0.1, -0.05) is 45.1 Å². The Hall–Kier alpha value is -3.39. The van der Waals surface area contributed by atoms with Crippen LogP contribution in [0.25, 0.3) is 23.3 Å². The van der Waals surface area contributed by atoms with Crippen LogP contribution in [0.3, 0.4) is 0 Å². The number of anilines is 1. The molecule has 1 radical (unpaired) electrons. The molecule has 0 bridgehead atoms. The SMILES string of the molecule is [CH2]n1cc(F)cc(-c2cc(/C=C/c3ccc(NS(C)(=O)=O)cc3)c(OC)c(C(C)(C)C)c2)c1=O. The lowest BCUT2D eigenvalue weighted by Crippen LogP contribution is -2.18. The van der Waals surface area contributed by atoms with Gasteiger partial charge in [-0.3, -0.25) is 9.52 Å². The third-order valence-electron chi connectivity index (χ3n) is 5.16. The summed E-state index contributed by atoms with van der Waals surface area (Å²) in [6, 6.07) is 11.7. The molecule has 3 rings (SSSR count). The van der Waals surface area contributed by atoms with Gasteiger partial charge in [-0.2, -0.15) is 0 Å². The lowest BCUT2D eigenvalue weighted by molar-refractivity contribution is 0.397. The zero-order chi connectivity index (χ0) is 25.3. The number of ether oxygens (including phenoxy) is 1. The molecule has 8 heteroatoms. The number of rotatable bonds is 6. The van der Waals surface area contributed by atoms with Crippen molar-refractivity contribution in [3.05, 3.63) is 88.6 Å². The predicted molar refractivity (Wildman–Crippen MR) is 136 cm³/mol. The van der Waals surface area contributed by atoms with Crippen molar-refractivity contribution >= 4 is 27.9 Å². The van der Waals surface area contributed by atoms with Gasteiger partial charge < -0.3 is 9.30 Å². The predicted octanol–water partition coefficient (Wildman–Crippen LogP) is 5.14. The Morgan fingerprint density at radius 1 is 1.09 bits per heavy atom. The first-order valence-electron chi connectivity index (χ1n) is 10.5. The second-order valence-electron chi connectivity index (χ2n) is 9.07. The molecule has 1 heterocycles. The molecule has 0 unspecified atom stereocenters. The number of nitrogens with zero attached hydrogens (tertiary/aromatic N) is 1. The largest absolute Gasteiger partial charge is 0.496 e. The molecule has 0 spiro atoms. The first-order valence-corrected chi connectivity index (χ1v) is 12.4. The van der Waals surface area contributed by atoms with Gasteiger partial charge in [0.1, 0.15) is 11.6 Å². The fourth-order valence-corrected chi connectivity index (χ4v) is 4.15. The van der Waals surface area contributed by atoms with E-state index in [-0.39, 0.29) is 11.0 Å². The number of nitrogens with one attached hydrogen (secondary N) is 1. The zero-order valence-corrected chi connectivity index (χ0v) is 20.7. The van der Waals surface area contributed by atoms with E-state index in [1.54, 1.807) is 37.4 Å². The topological polar surface area (TPSA) is 77.4 Å². The molecule has 179 valence electrons. The Labute approximate surface area is 199 Å². The molecule has 0 saturated heterocycles. The number of aromatic nitrogens is 1. The Morgan fingerprint density at radius 3 is 2.29 bits per heavy atom. The average molecular weight is 484 g/mol. The van der Waals surface area contributed by atoms with Gasteiger partial charge in [-0.05, 0) is 46.9 Å². The van der Waals surface area contributed by atoms with E-state index in [4.69, 9.17) is 4.74 Å². The average Bonchev–Trinajstić information content (AvgIpc) is 2.73. The van der Waals surface area contributed by atoms with Crippen LogP contribution in [0, 0.1) is 12.9 Å². The van der Waals surface area contributed by atoms with Crippen LogP contribution in [0.4, 0.5) is 10.1 Å². The summed E-state index contributed by atoms with van der Waals surface area (Å²) in [6.45, 7) is 6.09. The highest BCUT2D eigenvalue weighted by Crippen LogP contribution is 2.38. The molecule has 0 saturated carbocycles. The Balaban J connectivity index is 2.13. The summed E-state index contributed by atoms with van der Waals surface area (Å²) in [7, 11) is 1.81. The highest BCUT2D eigenvalue weighted by Gasteiger charge is 2.23. The maximum Gasteiger partial charge on any atom is 0.258 e. The third-order valence-corrected chi connectivity index (χ3v) is 5.77.